The van der Waals surface area contributed by atoms with Gasteiger partial charge in [0.15, 0.2) is 0 Å². The zero-order valence-corrected chi connectivity index (χ0v) is 15.8. The number of hydrogen-bond donors (Lipinski definition) is 2. The summed E-state index contributed by atoms with van der Waals surface area (Å²) in [5.74, 6) is 0.130. The maximum Gasteiger partial charge on any atom is 0.228 e. The number of hydrogen-bond acceptors (Lipinski definition) is 6. The van der Waals surface area contributed by atoms with Gasteiger partial charge in [0.25, 0.3) is 0 Å². The largest absolute Gasteiger partial charge is 0.384 e. The topological polar surface area (TPSA) is 62.8 Å². The Morgan fingerprint density at radius 3 is 2.84 bits per heavy atom. The monoisotopic (exact) mass is 367 g/mol. The molecule has 6 nitrogen and oxygen atoms in total. The number of nitrogens with one attached hydrogen (secondary N) is 2. The molecule has 0 aliphatic carbocycles. The molecule has 2 aliphatic heterocycles. The van der Waals surface area contributed by atoms with Gasteiger partial charge in [-0.15, -0.1) is 11.3 Å². The van der Waals surface area contributed by atoms with Crippen LogP contribution in [0.15, 0.2) is 17.5 Å². The summed E-state index contributed by atoms with van der Waals surface area (Å²) in [5.41, 5.74) is -0.398. The standard InChI is InChI=1S/C18H29N3O3S/c1-23-14-18(4-6-19-7-5-18)17(22)20-13-15(16-3-2-12-25-16)21-8-10-24-11-9-21/h2-3,12,15,19H,4-11,13-14H2,1H3,(H,20,22). The Balaban J connectivity index is 1.66. The molecule has 140 valence electrons. The molecule has 1 amide bonds. The van der Waals surface area contributed by atoms with E-state index in [1.165, 1.54) is 4.88 Å². The highest BCUT2D eigenvalue weighted by Gasteiger charge is 2.40. The highest BCUT2D eigenvalue weighted by atomic mass is 32.1. The molecule has 7 heteroatoms. The van der Waals surface area contributed by atoms with E-state index in [2.05, 4.69) is 33.0 Å². The SMILES string of the molecule is COCC1(C(=O)NCC(c2cccs2)N2CCOCC2)CCNCC1. The van der Waals surface area contributed by atoms with Crippen LogP contribution in [0, 0.1) is 5.41 Å². The second kappa shape index (κ2) is 9.09. The van der Waals surface area contributed by atoms with Crippen molar-refractivity contribution >= 4 is 17.2 Å². The van der Waals surface area contributed by atoms with E-state index in [1.807, 2.05) is 0 Å². The molecule has 3 heterocycles. The summed E-state index contributed by atoms with van der Waals surface area (Å²) in [4.78, 5) is 16.7. The van der Waals surface area contributed by atoms with Gasteiger partial charge in [-0.2, -0.15) is 0 Å². The van der Waals surface area contributed by atoms with Crippen molar-refractivity contribution < 1.29 is 14.3 Å². The Morgan fingerprint density at radius 1 is 1.44 bits per heavy atom. The Bertz CT molecular complexity index is 520. The average molecular weight is 368 g/mol. The molecule has 0 bridgehead atoms. The zero-order valence-electron chi connectivity index (χ0n) is 15.0. The number of methoxy groups -OCH3 is 1. The van der Waals surface area contributed by atoms with E-state index in [0.717, 1.165) is 52.2 Å². The summed E-state index contributed by atoms with van der Waals surface area (Å²) in [6.07, 6.45) is 1.65. The van der Waals surface area contributed by atoms with Crippen molar-refractivity contribution in [3.8, 4) is 0 Å². The van der Waals surface area contributed by atoms with Crippen LogP contribution in [0.4, 0.5) is 0 Å². The number of amides is 1. The Morgan fingerprint density at radius 2 is 2.20 bits per heavy atom. The predicted molar refractivity (Wildman–Crippen MR) is 98.9 cm³/mol. The first kappa shape index (κ1) is 18.8. The number of ether oxygens (including phenoxy) is 2. The zero-order chi connectivity index (χ0) is 17.5. The van der Waals surface area contributed by atoms with Gasteiger partial charge in [0.05, 0.1) is 31.3 Å². The van der Waals surface area contributed by atoms with Crippen molar-refractivity contribution in [1.29, 1.82) is 0 Å². The maximum atomic E-state index is 13.0. The van der Waals surface area contributed by atoms with E-state index in [9.17, 15) is 4.79 Å². The summed E-state index contributed by atoms with van der Waals surface area (Å²) < 4.78 is 10.9. The van der Waals surface area contributed by atoms with Gasteiger partial charge in [0.1, 0.15) is 0 Å². The molecular formula is C18H29N3O3S. The van der Waals surface area contributed by atoms with Crippen LogP contribution >= 0.6 is 11.3 Å². The fourth-order valence-corrected chi connectivity index (χ4v) is 4.64. The van der Waals surface area contributed by atoms with E-state index in [0.29, 0.717) is 13.2 Å². The third-order valence-electron chi connectivity index (χ3n) is 5.28. The van der Waals surface area contributed by atoms with Crippen LogP contribution < -0.4 is 10.6 Å². The summed E-state index contributed by atoms with van der Waals surface area (Å²) in [7, 11) is 1.68. The number of piperidine rings is 1. The van der Waals surface area contributed by atoms with Crippen LogP contribution in [0.3, 0.4) is 0 Å². The van der Waals surface area contributed by atoms with Crippen molar-refractivity contribution in [3.63, 3.8) is 0 Å². The first-order valence-electron chi connectivity index (χ1n) is 9.08. The van der Waals surface area contributed by atoms with Crippen molar-refractivity contribution in [1.82, 2.24) is 15.5 Å². The van der Waals surface area contributed by atoms with Gasteiger partial charge in [-0.3, -0.25) is 9.69 Å². The Hall–Kier alpha value is -0.990. The van der Waals surface area contributed by atoms with Gasteiger partial charge in [0.2, 0.25) is 5.91 Å². The minimum Gasteiger partial charge on any atom is -0.384 e. The number of nitrogens with zero attached hydrogens (tertiary/aromatic N) is 1. The molecule has 0 aromatic carbocycles. The van der Waals surface area contributed by atoms with Gasteiger partial charge in [-0.1, -0.05) is 6.07 Å². The van der Waals surface area contributed by atoms with Gasteiger partial charge >= 0.3 is 0 Å². The van der Waals surface area contributed by atoms with Crippen LogP contribution in [-0.2, 0) is 14.3 Å². The number of thiophene rings is 1. The molecular weight excluding hydrogens is 338 g/mol. The summed E-state index contributed by atoms with van der Waals surface area (Å²) in [5, 5.41) is 8.68. The lowest BCUT2D eigenvalue weighted by molar-refractivity contribution is -0.136. The van der Waals surface area contributed by atoms with Gasteiger partial charge < -0.3 is 20.1 Å². The van der Waals surface area contributed by atoms with Crippen molar-refractivity contribution in [2.24, 2.45) is 5.41 Å². The molecule has 2 N–H and O–H groups in total. The molecule has 2 fully saturated rings. The molecule has 0 saturated carbocycles. The molecule has 1 aromatic rings. The maximum absolute atomic E-state index is 13.0. The normalized spacial score (nSPS) is 22.4. The number of carbonyl (C=O) groups is 1. The van der Waals surface area contributed by atoms with Gasteiger partial charge in [-0.05, 0) is 37.4 Å². The van der Waals surface area contributed by atoms with E-state index < -0.39 is 5.41 Å². The first-order chi connectivity index (χ1) is 12.2. The van der Waals surface area contributed by atoms with E-state index in [1.54, 1.807) is 18.4 Å². The van der Waals surface area contributed by atoms with Crippen molar-refractivity contribution in [2.45, 2.75) is 18.9 Å². The molecule has 2 aliphatic rings. The second-order valence-electron chi connectivity index (χ2n) is 6.85. The smallest absolute Gasteiger partial charge is 0.228 e. The van der Waals surface area contributed by atoms with Crippen molar-refractivity contribution in [2.75, 3.05) is 59.7 Å². The van der Waals surface area contributed by atoms with E-state index >= 15 is 0 Å². The third-order valence-corrected chi connectivity index (χ3v) is 6.25. The molecule has 3 rings (SSSR count). The Labute approximate surface area is 153 Å². The van der Waals surface area contributed by atoms with Gasteiger partial charge in [-0.25, -0.2) is 0 Å². The third kappa shape index (κ3) is 4.60. The van der Waals surface area contributed by atoms with Crippen LogP contribution in [-0.4, -0.2) is 70.5 Å². The van der Waals surface area contributed by atoms with Crippen LogP contribution in [0.2, 0.25) is 0 Å². The summed E-state index contributed by atoms with van der Waals surface area (Å²) >= 11 is 1.75. The quantitative estimate of drug-likeness (QED) is 0.760. The van der Waals surface area contributed by atoms with Crippen LogP contribution in [0.5, 0.6) is 0 Å². The van der Waals surface area contributed by atoms with Crippen molar-refractivity contribution in [3.05, 3.63) is 22.4 Å². The molecule has 1 atom stereocenters. The number of carbonyl (C=O) groups excluding carboxylic acids is 1. The molecule has 0 spiro atoms. The molecule has 1 aromatic heterocycles. The van der Waals surface area contributed by atoms with E-state index in [-0.39, 0.29) is 11.9 Å². The predicted octanol–water partition coefficient (Wildman–Crippen LogP) is 1.25. The highest BCUT2D eigenvalue weighted by molar-refractivity contribution is 7.10. The molecule has 0 radical (unpaired) electrons. The molecule has 1 unspecified atom stereocenters. The summed E-state index contributed by atoms with van der Waals surface area (Å²) in [6, 6.07) is 4.45. The second-order valence-corrected chi connectivity index (χ2v) is 7.83. The number of rotatable bonds is 7. The molecule has 2 saturated heterocycles. The lowest BCUT2D eigenvalue weighted by Crippen LogP contribution is -2.52. The number of morpholine rings is 1. The van der Waals surface area contributed by atoms with Crippen LogP contribution in [0.1, 0.15) is 23.8 Å². The minimum atomic E-state index is -0.398. The fourth-order valence-electron chi connectivity index (χ4n) is 3.78. The average Bonchev–Trinajstić information content (AvgIpc) is 3.18. The lowest BCUT2D eigenvalue weighted by atomic mass is 9.78. The fraction of sp³-hybridized carbons (Fsp3) is 0.722. The first-order valence-corrected chi connectivity index (χ1v) is 9.96. The Kier molecular flexibility index (Phi) is 6.84. The highest BCUT2D eigenvalue weighted by Crippen LogP contribution is 2.30. The minimum absolute atomic E-state index is 0.130. The molecule has 25 heavy (non-hydrogen) atoms. The lowest BCUT2D eigenvalue weighted by Gasteiger charge is -2.37. The van der Waals surface area contributed by atoms with Gasteiger partial charge in [0, 0.05) is 31.6 Å². The van der Waals surface area contributed by atoms with E-state index in [4.69, 9.17) is 9.47 Å². The van der Waals surface area contributed by atoms with Crippen LogP contribution in [0.25, 0.3) is 0 Å². The summed E-state index contributed by atoms with van der Waals surface area (Å²) in [6.45, 7) is 6.20.